The van der Waals surface area contributed by atoms with Gasteiger partial charge in [0.1, 0.15) is 6.79 Å². The minimum atomic E-state index is 0.303. The van der Waals surface area contributed by atoms with Gasteiger partial charge in [0.05, 0.1) is 23.1 Å². The van der Waals surface area contributed by atoms with Gasteiger partial charge in [-0.25, -0.2) is 4.98 Å². The third-order valence-electron chi connectivity index (χ3n) is 1.89. The number of rotatable bonds is 3. The normalized spacial score (nSPS) is 22.4. The highest BCUT2D eigenvalue weighted by molar-refractivity contribution is 8.01. The van der Waals surface area contributed by atoms with E-state index in [1.54, 1.807) is 11.8 Å². The Labute approximate surface area is 90.8 Å². The van der Waals surface area contributed by atoms with E-state index in [-0.39, 0.29) is 0 Å². The third-order valence-corrected chi connectivity index (χ3v) is 4.04. The molecular weight excluding hydrogens is 220 g/mol. The lowest BCUT2D eigenvalue weighted by atomic mass is 10.3. The highest BCUT2D eigenvalue weighted by Gasteiger charge is 2.14. The molecule has 0 saturated carbocycles. The number of nitrogens with two attached hydrogens (primary N) is 1. The van der Waals surface area contributed by atoms with Crippen molar-refractivity contribution in [3.63, 3.8) is 0 Å². The van der Waals surface area contributed by atoms with Crippen LogP contribution in [-0.4, -0.2) is 30.2 Å². The molecule has 0 bridgehead atoms. The lowest BCUT2D eigenvalue weighted by Crippen LogP contribution is -2.25. The number of aromatic nitrogens is 1. The zero-order chi connectivity index (χ0) is 9.80. The van der Waals surface area contributed by atoms with Crippen molar-refractivity contribution in [2.45, 2.75) is 16.7 Å². The molecule has 1 aliphatic heterocycles. The van der Waals surface area contributed by atoms with Crippen molar-refractivity contribution in [2.24, 2.45) is 0 Å². The first-order valence-corrected chi connectivity index (χ1v) is 6.18. The van der Waals surface area contributed by atoms with Gasteiger partial charge in [-0.2, -0.15) is 0 Å². The first-order valence-electron chi connectivity index (χ1n) is 4.38. The average Bonchev–Trinajstić information content (AvgIpc) is 2.63. The summed E-state index contributed by atoms with van der Waals surface area (Å²) in [5.41, 5.74) is 5.53. The van der Waals surface area contributed by atoms with Crippen molar-refractivity contribution >= 4 is 28.2 Å². The zero-order valence-corrected chi connectivity index (χ0v) is 9.27. The lowest BCUT2D eigenvalue weighted by molar-refractivity contribution is -0.130. The van der Waals surface area contributed by atoms with E-state index in [0.717, 1.165) is 23.0 Å². The molecule has 1 aliphatic rings. The van der Waals surface area contributed by atoms with E-state index < -0.39 is 0 Å². The lowest BCUT2D eigenvalue weighted by Gasteiger charge is -2.21. The topological polar surface area (TPSA) is 57.4 Å². The smallest absolute Gasteiger partial charge is 0.181 e. The van der Waals surface area contributed by atoms with Crippen molar-refractivity contribution in [3.8, 4) is 0 Å². The summed E-state index contributed by atoms with van der Waals surface area (Å²) in [5, 5.41) is 0.625. The Kier molecular flexibility index (Phi) is 3.63. The Morgan fingerprint density at radius 2 is 2.64 bits per heavy atom. The van der Waals surface area contributed by atoms with Gasteiger partial charge in [0.15, 0.2) is 5.13 Å². The molecule has 1 aromatic rings. The number of thioether (sulfide) groups is 1. The third kappa shape index (κ3) is 2.84. The Morgan fingerprint density at radius 3 is 3.29 bits per heavy atom. The molecule has 1 fully saturated rings. The molecule has 0 amide bonds. The van der Waals surface area contributed by atoms with E-state index in [0.29, 0.717) is 18.0 Å². The van der Waals surface area contributed by atoms with Crippen LogP contribution in [0.1, 0.15) is 6.42 Å². The van der Waals surface area contributed by atoms with Crippen molar-refractivity contribution < 1.29 is 9.47 Å². The average molecular weight is 232 g/mol. The molecular formula is C8H12N2O2S2. The second-order valence-corrected chi connectivity index (χ2v) is 5.31. The molecule has 0 aromatic carbocycles. The van der Waals surface area contributed by atoms with Gasteiger partial charge >= 0.3 is 0 Å². The number of anilines is 1. The maximum atomic E-state index is 5.53. The van der Waals surface area contributed by atoms with Crippen LogP contribution in [-0.2, 0) is 9.47 Å². The van der Waals surface area contributed by atoms with Gasteiger partial charge in [-0.1, -0.05) is 11.3 Å². The Hall–Kier alpha value is -0.300. The van der Waals surface area contributed by atoms with Crippen LogP contribution in [0.3, 0.4) is 0 Å². The second kappa shape index (κ2) is 4.97. The molecule has 0 spiro atoms. The zero-order valence-electron chi connectivity index (χ0n) is 7.64. The molecule has 1 unspecified atom stereocenters. The second-order valence-electron chi connectivity index (χ2n) is 2.93. The number of thiazole rings is 1. The van der Waals surface area contributed by atoms with E-state index in [1.807, 2.05) is 6.20 Å². The van der Waals surface area contributed by atoms with Crippen LogP contribution in [0, 0.1) is 0 Å². The first-order chi connectivity index (χ1) is 6.84. The number of nitrogen functional groups attached to an aromatic ring is 1. The van der Waals surface area contributed by atoms with E-state index in [4.69, 9.17) is 15.2 Å². The van der Waals surface area contributed by atoms with E-state index >= 15 is 0 Å². The Bertz CT molecular complexity index is 287. The Morgan fingerprint density at radius 1 is 1.71 bits per heavy atom. The van der Waals surface area contributed by atoms with Crippen LogP contribution in [0.15, 0.2) is 10.4 Å². The van der Waals surface area contributed by atoms with Crippen LogP contribution < -0.4 is 5.73 Å². The van der Waals surface area contributed by atoms with Crippen LogP contribution in [0.5, 0.6) is 0 Å². The quantitative estimate of drug-likeness (QED) is 0.802. The van der Waals surface area contributed by atoms with Gasteiger partial charge in [0, 0.05) is 5.75 Å². The molecule has 2 heterocycles. The first kappa shape index (κ1) is 10.2. The summed E-state index contributed by atoms with van der Waals surface area (Å²) in [6.07, 6.45) is 3.09. The molecule has 6 heteroatoms. The van der Waals surface area contributed by atoms with Crippen LogP contribution in [0.2, 0.25) is 0 Å². The highest BCUT2D eigenvalue weighted by atomic mass is 32.2. The van der Waals surface area contributed by atoms with Gasteiger partial charge in [-0.15, -0.1) is 11.8 Å². The summed E-state index contributed by atoms with van der Waals surface area (Å²) in [5.74, 6) is 0.949. The predicted molar refractivity (Wildman–Crippen MR) is 57.6 cm³/mol. The molecule has 2 rings (SSSR count). The molecule has 1 atom stereocenters. The number of nitrogens with zero attached hydrogens (tertiary/aromatic N) is 1. The van der Waals surface area contributed by atoms with Crippen molar-refractivity contribution in [2.75, 3.05) is 24.9 Å². The van der Waals surface area contributed by atoms with E-state index in [9.17, 15) is 0 Å². The Balaban J connectivity index is 1.76. The molecule has 14 heavy (non-hydrogen) atoms. The fraction of sp³-hybridized carbons (Fsp3) is 0.625. The van der Waals surface area contributed by atoms with Gasteiger partial charge in [0.2, 0.25) is 0 Å². The minimum absolute atomic E-state index is 0.303. The fourth-order valence-corrected chi connectivity index (χ4v) is 3.00. The maximum absolute atomic E-state index is 5.53. The van der Waals surface area contributed by atoms with E-state index in [2.05, 4.69) is 4.98 Å². The van der Waals surface area contributed by atoms with Gasteiger partial charge in [-0.3, -0.25) is 0 Å². The molecule has 1 saturated heterocycles. The summed E-state index contributed by atoms with van der Waals surface area (Å²) in [7, 11) is 0. The molecule has 2 N–H and O–H groups in total. The van der Waals surface area contributed by atoms with Crippen LogP contribution >= 0.6 is 23.1 Å². The summed E-state index contributed by atoms with van der Waals surface area (Å²) < 4.78 is 11.7. The standard InChI is InChI=1S/C8H12N2O2S2/c9-8-10-3-7(14-8)13-4-6-1-2-11-5-12-6/h3,6H,1-2,4-5H2,(H2,9,10). The molecule has 78 valence electrons. The summed E-state index contributed by atoms with van der Waals surface area (Å²) in [6.45, 7) is 1.23. The van der Waals surface area contributed by atoms with Crippen LogP contribution in [0.4, 0.5) is 5.13 Å². The summed E-state index contributed by atoms with van der Waals surface area (Å²) in [4.78, 5) is 3.99. The van der Waals surface area contributed by atoms with Gasteiger partial charge in [0.25, 0.3) is 0 Å². The monoisotopic (exact) mass is 232 g/mol. The van der Waals surface area contributed by atoms with Gasteiger partial charge in [-0.05, 0) is 6.42 Å². The fourth-order valence-electron chi connectivity index (χ4n) is 1.15. The molecule has 0 radical (unpaired) electrons. The number of hydrogen-bond donors (Lipinski definition) is 1. The summed E-state index contributed by atoms with van der Waals surface area (Å²) in [6, 6.07) is 0. The molecule has 4 nitrogen and oxygen atoms in total. The number of hydrogen-bond acceptors (Lipinski definition) is 6. The minimum Gasteiger partial charge on any atom is -0.375 e. The van der Waals surface area contributed by atoms with Crippen molar-refractivity contribution in [1.29, 1.82) is 0 Å². The van der Waals surface area contributed by atoms with Crippen molar-refractivity contribution in [1.82, 2.24) is 4.98 Å². The highest BCUT2D eigenvalue weighted by Crippen LogP contribution is 2.28. The predicted octanol–water partition coefficient (Wildman–Crippen LogP) is 1.58. The van der Waals surface area contributed by atoms with Crippen LogP contribution in [0.25, 0.3) is 0 Å². The SMILES string of the molecule is Nc1ncc(SCC2CCOCO2)s1. The van der Waals surface area contributed by atoms with Crippen molar-refractivity contribution in [3.05, 3.63) is 6.20 Å². The maximum Gasteiger partial charge on any atom is 0.181 e. The summed E-state index contributed by atoms with van der Waals surface area (Å²) >= 11 is 3.26. The molecule has 1 aromatic heterocycles. The van der Waals surface area contributed by atoms with E-state index in [1.165, 1.54) is 11.3 Å². The number of ether oxygens (including phenoxy) is 2. The largest absolute Gasteiger partial charge is 0.375 e. The molecule has 0 aliphatic carbocycles. The van der Waals surface area contributed by atoms with Gasteiger partial charge < -0.3 is 15.2 Å².